The molecular weight excluding hydrogens is 268 g/mol. The van der Waals surface area contributed by atoms with Crippen LogP contribution in [0.5, 0.6) is 0 Å². The van der Waals surface area contributed by atoms with E-state index in [2.05, 4.69) is 111 Å². The second-order valence-electron chi connectivity index (χ2n) is 5.69. The van der Waals surface area contributed by atoms with E-state index in [1.807, 2.05) is 0 Å². The molecule has 0 saturated carbocycles. The van der Waals surface area contributed by atoms with Crippen molar-refractivity contribution in [3.05, 3.63) is 71.8 Å². The van der Waals surface area contributed by atoms with E-state index in [0.717, 1.165) is 0 Å². The monoisotopic (exact) mass is 292 g/mol. The second kappa shape index (κ2) is 7.51. The molecule has 0 bridgehead atoms. The van der Waals surface area contributed by atoms with Crippen molar-refractivity contribution in [2.24, 2.45) is 0 Å². The summed E-state index contributed by atoms with van der Waals surface area (Å²) in [5.74, 6) is 0. The molecule has 2 aromatic carbocycles. The summed E-state index contributed by atoms with van der Waals surface area (Å²) >= 11 is 0. The zero-order valence-corrected chi connectivity index (χ0v) is 13.8. The van der Waals surface area contributed by atoms with Gasteiger partial charge in [-0.2, -0.15) is 0 Å². The Kier molecular flexibility index (Phi) is 5.42. The van der Waals surface area contributed by atoms with Crippen molar-refractivity contribution in [1.82, 2.24) is 0 Å². The largest absolute Gasteiger partial charge is 0.378 e. The number of allylic oxidation sites excluding steroid dienone is 2. The summed E-state index contributed by atoms with van der Waals surface area (Å²) in [5.41, 5.74) is 4.85. The van der Waals surface area contributed by atoms with Gasteiger partial charge >= 0.3 is 0 Å². The topological polar surface area (TPSA) is 6.48 Å². The summed E-state index contributed by atoms with van der Waals surface area (Å²) in [6.45, 7) is 0. The van der Waals surface area contributed by atoms with Gasteiger partial charge in [0.2, 0.25) is 0 Å². The molecule has 114 valence electrons. The van der Waals surface area contributed by atoms with Crippen molar-refractivity contribution in [3.8, 4) is 0 Å². The summed E-state index contributed by atoms with van der Waals surface area (Å²) in [7, 11) is 8.20. The highest BCUT2D eigenvalue weighted by Crippen LogP contribution is 2.14. The van der Waals surface area contributed by atoms with E-state index in [1.165, 1.54) is 22.5 Å². The van der Waals surface area contributed by atoms with E-state index in [0.29, 0.717) is 0 Å². The van der Waals surface area contributed by atoms with E-state index < -0.39 is 0 Å². The normalized spacial score (nSPS) is 11.3. The molecule has 2 heteroatoms. The summed E-state index contributed by atoms with van der Waals surface area (Å²) < 4.78 is 0. The van der Waals surface area contributed by atoms with Crippen LogP contribution in [-0.2, 0) is 0 Å². The van der Waals surface area contributed by atoms with E-state index in [9.17, 15) is 0 Å². The van der Waals surface area contributed by atoms with E-state index >= 15 is 0 Å². The Bertz CT molecular complexity index is 573. The Hall–Kier alpha value is -2.48. The van der Waals surface area contributed by atoms with Gasteiger partial charge in [-0.05, 0) is 35.4 Å². The molecule has 0 heterocycles. The van der Waals surface area contributed by atoms with Crippen LogP contribution in [0, 0.1) is 0 Å². The molecule has 0 radical (unpaired) electrons. The van der Waals surface area contributed by atoms with Crippen molar-refractivity contribution >= 4 is 23.5 Å². The molecule has 0 N–H and O–H groups in total. The fourth-order valence-electron chi connectivity index (χ4n) is 2.10. The van der Waals surface area contributed by atoms with Gasteiger partial charge in [0.15, 0.2) is 0 Å². The fraction of sp³-hybridized carbons (Fsp3) is 0.200. The molecule has 0 unspecified atom stereocenters. The Balaban J connectivity index is 1.96. The predicted octanol–water partition coefficient (Wildman–Crippen LogP) is 4.55. The number of nitrogens with zero attached hydrogens (tertiary/aromatic N) is 2. The first kappa shape index (κ1) is 15.9. The molecular formula is C20H24N2. The maximum atomic E-state index is 2.13. The van der Waals surface area contributed by atoms with Crippen LogP contribution in [0.15, 0.2) is 60.7 Å². The Labute approximate surface area is 134 Å². The van der Waals surface area contributed by atoms with Crippen LogP contribution in [0.2, 0.25) is 0 Å². The molecule has 0 spiro atoms. The average Bonchev–Trinajstić information content (AvgIpc) is 2.52. The molecule has 0 aromatic heterocycles. The lowest BCUT2D eigenvalue weighted by atomic mass is 10.1. The number of hydrogen-bond donors (Lipinski definition) is 0. The first-order valence-corrected chi connectivity index (χ1v) is 7.46. The molecule has 0 amide bonds. The molecule has 22 heavy (non-hydrogen) atoms. The summed E-state index contributed by atoms with van der Waals surface area (Å²) in [6, 6.07) is 17.0. The fourth-order valence-corrected chi connectivity index (χ4v) is 2.10. The summed E-state index contributed by atoms with van der Waals surface area (Å²) in [5, 5.41) is 0. The Morgan fingerprint density at radius 1 is 0.545 bits per heavy atom. The van der Waals surface area contributed by atoms with Gasteiger partial charge in [-0.25, -0.2) is 0 Å². The third kappa shape index (κ3) is 4.52. The zero-order chi connectivity index (χ0) is 15.9. The number of rotatable bonds is 5. The zero-order valence-electron chi connectivity index (χ0n) is 13.8. The quantitative estimate of drug-likeness (QED) is 0.746. The number of benzene rings is 2. The SMILES string of the molecule is CN(C)c1ccc(C=CC=Cc2ccc(N(C)C)cc2)cc1. The average molecular weight is 292 g/mol. The van der Waals surface area contributed by atoms with Crippen LogP contribution >= 0.6 is 0 Å². The minimum Gasteiger partial charge on any atom is -0.378 e. The smallest absolute Gasteiger partial charge is 0.0361 e. The lowest BCUT2D eigenvalue weighted by molar-refractivity contribution is 1.13. The highest BCUT2D eigenvalue weighted by atomic mass is 15.1. The molecule has 0 aliphatic rings. The minimum absolute atomic E-state index is 1.21. The van der Waals surface area contributed by atoms with Gasteiger partial charge in [0.1, 0.15) is 0 Å². The van der Waals surface area contributed by atoms with Gasteiger partial charge in [0, 0.05) is 39.6 Å². The van der Waals surface area contributed by atoms with E-state index in [4.69, 9.17) is 0 Å². The molecule has 0 saturated heterocycles. The lowest BCUT2D eigenvalue weighted by Crippen LogP contribution is -2.07. The number of hydrogen-bond acceptors (Lipinski definition) is 2. The molecule has 2 rings (SSSR count). The molecule has 0 atom stereocenters. The van der Waals surface area contributed by atoms with Crippen LogP contribution < -0.4 is 9.80 Å². The maximum Gasteiger partial charge on any atom is 0.0361 e. The van der Waals surface area contributed by atoms with Crippen LogP contribution in [0.1, 0.15) is 11.1 Å². The standard InChI is InChI=1S/C20H24N2/c1-21(2)19-13-9-17(10-14-19)7-5-6-8-18-11-15-20(16-12-18)22(3)4/h5-16H,1-4H3. The van der Waals surface area contributed by atoms with Crippen molar-refractivity contribution in [1.29, 1.82) is 0 Å². The maximum absolute atomic E-state index is 2.13. The van der Waals surface area contributed by atoms with Crippen LogP contribution in [0.3, 0.4) is 0 Å². The molecule has 2 nitrogen and oxygen atoms in total. The van der Waals surface area contributed by atoms with Crippen molar-refractivity contribution in [2.45, 2.75) is 0 Å². The predicted molar refractivity (Wildman–Crippen MR) is 99.6 cm³/mol. The van der Waals surface area contributed by atoms with Crippen molar-refractivity contribution in [3.63, 3.8) is 0 Å². The first-order valence-electron chi connectivity index (χ1n) is 7.46. The van der Waals surface area contributed by atoms with Crippen LogP contribution in [0.4, 0.5) is 11.4 Å². The van der Waals surface area contributed by atoms with Gasteiger partial charge < -0.3 is 9.80 Å². The van der Waals surface area contributed by atoms with Crippen LogP contribution in [-0.4, -0.2) is 28.2 Å². The lowest BCUT2D eigenvalue weighted by Gasteiger charge is -2.11. The summed E-state index contributed by atoms with van der Waals surface area (Å²) in [6.07, 6.45) is 8.38. The highest BCUT2D eigenvalue weighted by molar-refractivity contribution is 5.60. The van der Waals surface area contributed by atoms with Crippen LogP contribution in [0.25, 0.3) is 12.2 Å². The third-order valence-electron chi connectivity index (χ3n) is 3.51. The minimum atomic E-state index is 1.21. The van der Waals surface area contributed by atoms with Gasteiger partial charge in [-0.3, -0.25) is 0 Å². The third-order valence-corrected chi connectivity index (χ3v) is 3.51. The van der Waals surface area contributed by atoms with Gasteiger partial charge in [-0.1, -0.05) is 48.6 Å². The van der Waals surface area contributed by atoms with Gasteiger partial charge in [0.25, 0.3) is 0 Å². The first-order chi connectivity index (χ1) is 10.6. The Morgan fingerprint density at radius 2 is 0.864 bits per heavy atom. The van der Waals surface area contributed by atoms with E-state index in [1.54, 1.807) is 0 Å². The van der Waals surface area contributed by atoms with Gasteiger partial charge in [0.05, 0.1) is 0 Å². The van der Waals surface area contributed by atoms with Gasteiger partial charge in [-0.15, -0.1) is 0 Å². The van der Waals surface area contributed by atoms with Crippen molar-refractivity contribution in [2.75, 3.05) is 38.0 Å². The second-order valence-corrected chi connectivity index (χ2v) is 5.69. The van der Waals surface area contributed by atoms with Crippen molar-refractivity contribution < 1.29 is 0 Å². The number of anilines is 2. The molecule has 0 aliphatic heterocycles. The molecule has 0 aliphatic carbocycles. The molecule has 0 fully saturated rings. The summed E-state index contributed by atoms with van der Waals surface area (Å²) in [4.78, 5) is 4.20. The highest BCUT2D eigenvalue weighted by Gasteiger charge is 1.94. The molecule has 2 aromatic rings. The van der Waals surface area contributed by atoms with E-state index in [-0.39, 0.29) is 0 Å². The Morgan fingerprint density at radius 3 is 1.14 bits per heavy atom.